The summed E-state index contributed by atoms with van der Waals surface area (Å²) in [6.45, 7) is 2.26. The number of fused-ring (bicyclic) bond motifs is 1. The zero-order valence-corrected chi connectivity index (χ0v) is 11.1. The van der Waals surface area contributed by atoms with Gasteiger partial charge in [0.2, 0.25) is 5.71 Å². The molecule has 1 atom stereocenters. The van der Waals surface area contributed by atoms with Gasteiger partial charge in [-0.15, -0.1) is 0 Å². The summed E-state index contributed by atoms with van der Waals surface area (Å²) in [4.78, 5) is 30.1. The second-order valence-electron chi connectivity index (χ2n) is 4.78. The molecule has 1 unspecified atom stereocenters. The lowest BCUT2D eigenvalue weighted by Gasteiger charge is -2.20. The molecule has 2 heterocycles. The van der Waals surface area contributed by atoms with Gasteiger partial charge in [0.25, 0.3) is 11.5 Å². The van der Waals surface area contributed by atoms with Crippen LogP contribution in [0.25, 0.3) is 11.1 Å². The topological polar surface area (TPSA) is 128 Å². The second kappa shape index (κ2) is 5.06. The highest BCUT2D eigenvalue weighted by Crippen LogP contribution is 2.20. The normalized spacial score (nSPS) is 14.2. The number of hydrogen-bond donors (Lipinski definition) is 4. The first-order valence-corrected chi connectivity index (χ1v) is 5.94. The average Bonchev–Trinajstić information content (AvgIpc) is 2.74. The van der Waals surface area contributed by atoms with Crippen LogP contribution in [0.4, 0.5) is 0 Å². The summed E-state index contributed by atoms with van der Waals surface area (Å²) in [6.07, 6.45) is 1.19. The fraction of sp³-hybridized carbons (Fsp3) is 0.417. The first kappa shape index (κ1) is 14.2. The summed E-state index contributed by atoms with van der Waals surface area (Å²) in [6, 6.07) is 0. The van der Waals surface area contributed by atoms with Crippen molar-refractivity contribution in [2.45, 2.75) is 19.4 Å². The molecular weight excluding hydrogens is 266 g/mol. The molecule has 20 heavy (non-hydrogen) atoms. The zero-order valence-electron chi connectivity index (χ0n) is 11.1. The van der Waals surface area contributed by atoms with Crippen molar-refractivity contribution < 1.29 is 19.4 Å². The second-order valence-corrected chi connectivity index (χ2v) is 4.78. The van der Waals surface area contributed by atoms with E-state index in [1.807, 2.05) is 0 Å². The predicted octanol–water partition coefficient (Wildman–Crippen LogP) is -0.702. The molecule has 0 aliphatic heterocycles. The minimum atomic E-state index is -1.44. The molecule has 0 aliphatic carbocycles. The summed E-state index contributed by atoms with van der Waals surface area (Å²) in [5.41, 5.74) is -1.77. The molecule has 2 aromatic rings. The Morgan fingerprint density at radius 1 is 1.60 bits per heavy atom. The number of amides is 1. The zero-order chi connectivity index (χ0) is 14.9. The lowest BCUT2D eigenvalue weighted by Crippen LogP contribution is -2.43. The van der Waals surface area contributed by atoms with Crippen molar-refractivity contribution in [1.29, 1.82) is 0 Å². The van der Waals surface area contributed by atoms with E-state index < -0.39 is 23.7 Å². The van der Waals surface area contributed by atoms with Crippen molar-refractivity contribution in [3.05, 3.63) is 28.0 Å². The van der Waals surface area contributed by atoms with Gasteiger partial charge in [-0.25, -0.2) is 4.98 Å². The Kier molecular flexibility index (Phi) is 3.60. The van der Waals surface area contributed by atoms with Crippen molar-refractivity contribution in [1.82, 2.24) is 15.3 Å². The van der Waals surface area contributed by atoms with Crippen molar-refractivity contribution in [2.24, 2.45) is 0 Å². The third kappa shape index (κ3) is 2.56. The van der Waals surface area contributed by atoms with Crippen LogP contribution in [-0.2, 0) is 0 Å². The number of carbonyl (C=O) groups is 1. The summed E-state index contributed by atoms with van der Waals surface area (Å²) >= 11 is 0. The van der Waals surface area contributed by atoms with E-state index >= 15 is 0 Å². The van der Waals surface area contributed by atoms with Crippen LogP contribution in [0.5, 0.6) is 0 Å². The summed E-state index contributed by atoms with van der Waals surface area (Å²) in [5.74, 6) is -0.321. The van der Waals surface area contributed by atoms with Gasteiger partial charge in [0.1, 0.15) is 16.7 Å². The highest BCUT2D eigenvalue weighted by Gasteiger charge is 2.25. The Balaban J connectivity index is 2.36. The number of nitrogens with one attached hydrogen (secondary N) is 2. The summed E-state index contributed by atoms with van der Waals surface area (Å²) < 4.78 is 5.26. The number of rotatable bonds is 4. The number of aliphatic hydroxyl groups excluding tert-OH is 1. The van der Waals surface area contributed by atoms with Gasteiger partial charge in [-0.2, -0.15) is 0 Å². The van der Waals surface area contributed by atoms with E-state index in [1.165, 1.54) is 13.3 Å². The monoisotopic (exact) mass is 281 g/mol. The van der Waals surface area contributed by atoms with Gasteiger partial charge < -0.3 is 24.9 Å². The molecule has 8 nitrogen and oxygen atoms in total. The standard InChI is InChI=1S/C12H15N3O5/c1-6-7(9(17)13-3-12(2,19)4-16)8-10(18)14-5-15-11(8)20-6/h5,16,19H,3-4H2,1-2H3,(H,13,17)(H,14,15,18). The third-order valence-electron chi connectivity index (χ3n) is 2.87. The number of hydrogen-bond acceptors (Lipinski definition) is 6. The van der Waals surface area contributed by atoms with Crippen molar-refractivity contribution in [2.75, 3.05) is 13.2 Å². The predicted molar refractivity (Wildman–Crippen MR) is 69.4 cm³/mol. The van der Waals surface area contributed by atoms with Gasteiger partial charge in [0.05, 0.1) is 18.5 Å². The third-order valence-corrected chi connectivity index (χ3v) is 2.87. The molecule has 0 saturated heterocycles. The maximum atomic E-state index is 12.1. The maximum absolute atomic E-state index is 12.1. The molecule has 0 bridgehead atoms. The number of nitrogens with zero attached hydrogens (tertiary/aromatic N) is 1. The van der Waals surface area contributed by atoms with Crippen molar-refractivity contribution >= 4 is 17.0 Å². The largest absolute Gasteiger partial charge is 0.442 e. The number of aromatic amines is 1. The Morgan fingerprint density at radius 3 is 2.95 bits per heavy atom. The van der Waals surface area contributed by atoms with Crippen molar-refractivity contribution in [3.63, 3.8) is 0 Å². The van der Waals surface area contributed by atoms with E-state index in [4.69, 9.17) is 9.52 Å². The van der Waals surface area contributed by atoms with Crippen LogP contribution in [0.1, 0.15) is 23.0 Å². The van der Waals surface area contributed by atoms with Gasteiger partial charge >= 0.3 is 0 Å². The van der Waals surface area contributed by atoms with Gasteiger partial charge in [-0.3, -0.25) is 9.59 Å². The smallest absolute Gasteiger partial charge is 0.262 e. The molecule has 0 fully saturated rings. The SMILES string of the molecule is Cc1oc2nc[nH]c(=O)c2c1C(=O)NCC(C)(O)CO. The Bertz CT molecular complexity index is 701. The average molecular weight is 281 g/mol. The van der Waals surface area contributed by atoms with Crippen LogP contribution in [0.3, 0.4) is 0 Å². The van der Waals surface area contributed by atoms with Crippen LogP contribution < -0.4 is 10.9 Å². The Hall–Kier alpha value is -2.19. The van der Waals surface area contributed by atoms with Gasteiger partial charge in [-0.1, -0.05) is 0 Å². The summed E-state index contributed by atoms with van der Waals surface area (Å²) in [7, 11) is 0. The molecule has 2 rings (SSSR count). The first-order chi connectivity index (χ1) is 9.35. The van der Waals surface area contributed by atoms with Gasteiger partial charge in [0, 0.05) is 6.54 Å². The minimum absolute atomic E-state index is 0.0612. The number of aryl methyl sites for hydroxylation is 1. The Labute approximate surface area is 113 Å². The number of H-pyrrole nitrogens is 1. The van der Waals surface area contributed by atoms with E-state index in [-0.39, 0.29) is 29.0 Å². The number of furan rings is 1. The quantitative estimate of drug-likeness (QED) is 0.586. The number of aromatic nitrogens is 2. The van der Waals surface area contributed by atoms with Crippen LogP contribution in [0.2, 0.25) is 0 Å². The van der Waals surface area contributed by atoms with Crippen molar-refractivity contribution in [3.8, 4) is 0 Å². The number of carbonyl (C=O) groups excluding carboxylic acids is 1. The highest BCUT2D eigenvalue weighted by atomic mass is 16.3. The molecule has 0 spiro atoms. The molecular formula is C12H15N3O5. The highest BCUT2D eigenvalue weighted by molar-refractivity contribution is 6.06. The van der Waals surface area contributed by atoms with E-state index in [2.05, 4.69) is 15.3 Å². The molecule has 0 aromatic carbocycles. The van der Waals surface area contributed by atoms with Crippen LogP contribution >= 0.6 is 0 Å². The molecule has 108 valence electrons. The first-order valence-electron chi connectivity index (χ1n) is 5.94. The number of aliphatic hydroxyl groups is 2. The van der Waals surface area contributed by atoms with Crippen LogP contribution in [0.15, 0.2) is 15.5 Å². The van der Waals surface area contributed by atoms with Crippen LogP contribution in [0, 0.1) is 6.92 Å². The van der Waals surface area contributed by atoms with E-state index in [1.54, 1.807) is 6.92 Å². The van der Waals surface area contributed by atoms with E-state index in [0.29, 0.717) is 0 Å². The molecule has 2 aromatic heterocycles. The molecule has 0 aliphatic rings. The van der Waals surface area contributed by atoms with Gasteiger partial charge in [0.15, 0.2) is 0 Å². The minimum Gasteiger partial charge on any atom is -0.442 e. The lowest BCUT2D eigenvalue weighted by atomic mass is 10.1. The maximum Gasteiger partial charge on any atom is 0.262 e. The molecule has 0 saturated carbocycles. The van der Waals surface area contributed by atoms with E-state index in [0.717, 1.165) is 0 Å². The van der Waals surface area contributed by atoms with Crippen LogP contribution in [-0.4, -0.2) is 44.8 Å². The molecule has 4 N–H and O–H groups in total. The fourth-order valence-electron chi connectivity index (χ4n) is 1.74. The molecule has 8 heteroatoms. The lowest BCUT2D eigenvalue weighted by molar-refractivity contribution is 0.00320. The van der Waals surface area contributed by atoms with Gasteiger partial charge in [-0.05, 0) is 13.8 Å². The molecule has 1 amide bonds. The Morgan fingerprint density at radius 2 is 2.30 bits per heavy atom. The molecule has 0 radical (unpaired) electrons. The fourth-order valence-corrected chi connectivity index (χ4v) is 1.74. The van der Waals surface area contributed by atoms with E-state index in [9.17, 15) is 14.7 Å². The summed E-state index contributed by atoms with van der Waals surface area (Å²) in [5, 5.41) is 21.1.